The van der Waals surface area contributed by atoms with Gasteiger partial charge in [-0.25, -0.2) is 0 Å². The summed E-state index contributed by atoms with van der Waals surface area (Å²) in [6.45, 7) is 16.3. The van der Waals surface area contributed by atoms with Crippen LogP contribution in [0.1, 0.15) is 39.0 Å². The van der Waals surface area contributed by atoms with Crippen LogP contribution >= 0.6 is 0 Å². The predicted octanol–water partition coefficient (Wildman–Crippen LogP) is 3.42. The van der Waals surface area contributed by atoms with Crippen molar-refractivity contribution in [3.63, 3.8) is 0 Å². The van der Waals surface area contributed by atoms with Gasteiger partial charge in [0.15, 0.2) is 0 Å². The van der Waals surface area contributed by atoms with Crippen LogP contribution in [0.15, 0.2) is 29.4 Å². The number of nitrogens with one attached hydrogen (secondary N) is 1. The lowest BCUT2D eigenvalue weighted by Gasteiger charge is -2.23. The highest BCUT2D eigenvalue weighted by molar-refractivity contribution is 5.12. The summed E-state index contributed by atoms with van der Waals surface area (Å²) >= 11 is 0. The fourth-order valence-corrected chi connectivity index (χ4v) is 1.93. The van der Waals surface area contributed by atoms with Crippen LogP contribution < -0.4 is 5.32 Å². The Kier molecular flexibility index (Phi) is 6.89. The van der Waals surface area contributed by atoms with Gasteiger partial charge < -0.3 is 9.73 Å². The van der Waals surface area contributed by atoms with Gasteiger partial charge in [0.1, 0.15) is 5.76 Å². The van der Waals surface area contributed by atoms with Gasteiger partial charge in [-0.15, -0.1) is 6.58 Å². The minimum Gasteiger partial charge on any atom is -0.468 e. The zero-order valence-electron chi connectivity index (χ0n) is 12.8. The molecule has 3 heteroatoms. The van der Waals surface area contributed by atoms with Gasteiger partial charge >= 0.3 is 0 Å². The summed E-state index contributed by atoms with van der Waals surface area (Å²) in [5.74, 6) is 1.70. The van der Waals surface area contributed by atoms with Crippen molar-refractivity contribution in [1.29, 1.82) is 0 Å². The van der Waals surface area contributed by atoms with Crippen molar-refractivity contribution >= 4 is 0 Å². The molecule has 1 aromatic heterocycles. The molecule has 0 aromatic carbocycles. The molecule has 0 aliphatic rings. The third-order valence-electron chi connectivity index (χ3n) is 3.04. The Morgan fingerprint density at radius 2 is 2.11 bits per heavy atom. The van der Waals surface area contributed by atoms with Crippen LogP contribution in [0.5, 0.6) is 0 Å². The van der Waals surface area contributed by atoms with Crippen molar-refractivity contribution < 1.29 is 4.42 Å². The predicted molar refractivity (Wildman–Crippen MR) is 81.0 cm³/mol. The Balaban J connectivity index is 2.46. The molecule has 0 spiro atoms. The fourth-order valence-electron chi connectivity index (χ4n) is 1.93. The van der Waals surface area contributed by atoms with E-state index in [2.05, 4.69) is 50.6 Å². The van der Waals surface area contributed by atoms with Crippen molar-refractivity contribution in [3.05, 3.63) is 36.3 Å². The van der Waals surface area contributed by atoms with E-state index in [4.69, 9.17) is 4.42 Å². The van der Waals surface area contributed by atoms with Crippen LogP contribution in [-0.4, -0.2) is 24.0 Å². The van der Waals surface area contributed by atoms with E-state index in [1.165, 1.54) is 5.56 Å². The Hall–Kier alpha value is -1.06. The molecule has 0 radical (unpaired) electrons. The topological polar surface area (TPSA) is 28.4 Å². The number of rotatable bonds is 9. The lowest BCUT2D eigenvalue weighted by atomic mass is 10.2. The third kappa shape index (κ3) is 6.08. The number of nitrogens with zero attached hydrogens (tertiary/aromatic N) is 1. The van der Waals surface area contributed by atoms with Gasteiger partial charge in [0.25, 0.3) is 0 Å². The molecule has 1 rings (SSSR count). The van der Waals surface area contributed by atoms with E-state index in [1.807, 2.05) is 12.3 Å². The zero-order valence-corrected chi connectivity index (χ0v) is 12.8. The van der Waals surface area contributed by atoms with E-state index in [9.17, 15) is 0 Å². The van der Waals surface area contributed by atoms with Crippen LogP contribution in [0, 0.1) is 5.92 Å². The van der Waals surface area contributed by atoms with Crippen molar-refractivity contribution in [3.8, 4) is 0 Å². The van der Waals surface area contributed by atoms with E-state index < -0.39 is 0 Å². The molecule has 0 unspecified atom stereocenters. The standard InChI is InChI=1S/C16H28N2O/c1-6-7-18(14(4)5)11-16-8-15(12-19-16)10-17-9-13(2)3/h6,8,12-14,17H,1,7,9-11H2,2-5H3. The molecule has 0 saturated carbocycles. The van der Waals surface area contributed by atoms with Crippen LogP contribution in [0.25, 0.3) is 0 Å². The SMILES string of the molecule is C=CCN(Cc1cc(CNCC(C)C)co1)C(C)C. The second kappa shape index (κ2) is 8.18. The quantitative estimate of drug-likeness (QED) is 0.693. The molecule has 1 N–H and O–H groups in total. The highest BCUT2D eigenvalue weighted by Gasteiger charge is 2.11. The van der Waals surface area contributed by atoms with Gasteiger partial charge in [0.2, 0.25) is 0 Å². The summed E-state index contributed by atoms with van der Waals surface area (Å²) in [5.41, 5.74) is 1.22. The van der Waals surface area contributed by atoms with Crippen molar-refractivity contribution in [2.75, 3.05) is 13.1 Å². The highest BCUT2D eigenvalue weighted by atomic mass is 16.3. The maximum Gasteiger partial charge on any atom is 0.118 e. The smallest absolute Gasteiger partial charge is 0.118 e. The van der Waals surface area contributed by atoms with Gasteiger partial charge in [-0.1, -0.05) is 19.9 Å². The Morgan fingerprint density at radius 1 is 1.37 bits per heavy atom. The average molecular weight is 264 g/mol. The fraction of sp³-hybridized carbons (Fsp3) is 0.625. The molecule has 0 saturated heterocycles. The van der Waals surface area contributed by atoms with Crippen molar-refractivity contribution in [2.45, 2.75) is 46.8 Å². The van der Waals surface area contributed by atoms with E-state index in [0.717, 1.165) is 31.9 Å². The van der Waals surface area contributed by atoms with E-state index in [-0.39, 0.29) is 0 Å². The molecule has 3 nitrogen and oxygen atoms in total. The molecule has 1 heterocycles. The summed E-state index contributed by atoms with van der Waals surface area (Å²) in [6.07, 6.45) is 3.79. The van der Waals surface area contributed by atoms with E-state index in [1.54, 1.807) is 0 Å². The molecule has 0 atom stereocenters. The molecule has 108 valence electrons. The Morgan fingerprint density at radius 3 is 2.68 bits per heavy atom. The molecule has 0 bridgehead atoms. The van der Waals surface area contributed by atoms with Gasteiger partial charge in [0, 0.05) is 24.7 Å². The highest BCUT2D eigenvalue weighted by Crippen LogP contribution is 2.12. The van der Waals surface area contributed by atoms with Gasteiger partial charge in [-0.2, -0.15) is 0 Å². The second-order valence-corrected chi connectivity index (χ2v) is 5.76. The summed E-state index contributed by atoms with van der Waals surface area (Å²) in [7, 11) is 0. The minimum absolute atomic E-state index is 0.491. The van der Waals surface area contributed by atoms with Crippen LogP contribution in [0.2, 0.25) is 0 Å². The summed E-state index contributed by atoms with van der Waals surface area (Å²) in [4.78, 5) is 2.33. The second-order valence-electron chi connectivity index (χ2n) is 5.76. The first-order valence-electron chi connectivity index (χ1n) is 7.14. The summed E-state index contributed by atoms with van der Waals surface area (Å²) in [5, 5.41) is 3.43. The molecule has 0 fully saturated rings. The zero-order chi connectivity index (χ0) is 14.3. The first kappa shape index (κ1) is 16.0. The lowest BCUT2D eigenvalue weighted by Crippen LogP contribution is -2.30. The van der Waals surface area contributed by atoms with Crippen molar-refractivity contribution in [1.82, 2.24) is 10.2 Å². The molecular weight excluding hydrogens is 236 g/mol. The van der Waals surface area contributed by atoms with E-state index in [0.29, 0.717) is 12.0 Å². The number of furan rings is 1. The maximum atomic E-state index is 5.63. The van der Waals surface area contributed by atoms with Gasteiger partial charge in [0.05, 0.1) is 12.8 Å². The monoisotopic (exact) mass is 264 g/mol. The molecule has 0 amide bonds. The average Bonchev–Trinajstić information content (AvgIpc) is 2.75. The summed E-state index contributed by atoms with van der Waals surface area (Å²) < 4.78 is 5.63. The molecule has 1 aromatic rings. The van der Waals surface area contributed by atoms with Crippen molar-refractivity contribution in [2.24, 2.45) is 5.92 Å². The minimum atomic E-state index is 0.491. The maximum absolute atomic E-state index is 5.63. The summed E-state index contributed by atoms with van der Waals surface area (Å²) in [6, 6.07) is 2.64. The largest absolute Gasteiger partial charge is 0.468 e. The third-order valence-corrected chi connectivity index (χ3v) is 3.04. The molecule has 19 heavy (non-hydrogen) atoms. The molecular formula is C16H28N2O. The Bertz CT molecular complexity index is 369. The Labute approximate surface area is 117 Å². The van der Waals surface area contributed by atoms with Gasteiger partial charge in [-0.3, -0.25) is 4.90 Å². The molecule has 0 aliphatic heterocycles. The first-order valence-corrected chi connectivity index (χ1v) is 7.14. The van der Waals surface area contributed by atoms with Gasteiger partial charge in [-0.05, 0) is 32.4 Å². The normalized spacial score (nSPS) is 11.7. The van der Waals surface area contributed by atoms with Crippen LogP contribution in [0.4, 0.5) is 0 Å². The van der Waals surface area contributed by atoms with E-state index >= 15 is 0 Å². The lowest BCUT2D eigenvalue weighted by molar-refractivity contribution is 0.218. The number of hydrogen-bond acceptors (Lipinski definition) is 3. The first-order chi connectivity index (χ1) is 9.02. The number of hydrogen-bond donors (Lipinski definition) is 1. The van der Waals surface area contributed by atoms with Crippen LogP contribution in [0.3, 0.4) is 0 Å². The van der Waals surface area contributed by atoms with Crippen LogP contribution in [-0.2, 0) is 13.1 Å². The molecule has 0 aliphatic carbocycles.